The van der Waals surface area contributed by atoms with Crippen molar-refractivity contribution < 1.29 is 13.5 Å². The van der Waals surface area contributed by atoms with Crippen LogP contribution in [-0.2, 0) is 9.84 Å². The first-order chi connectivity index (χ1) is 10.1. The lowest BCUT2D eigenvalue weighted by Crippen LogP contribution is -2.14. The third-order valence-electron chi connectivity index (χ3n) is 5.07. The van der Waals surface area contributed by atoms with Gasteiger partial charge in [-0.1, -0.05) is 43.5 Å². The number of aliphatic hydroxyl groups is 1. The number of benzene rings is 1. The molecule has 1 heterocycles. The zero-order valence-electron chi connectivity index (χ0n) is 12.4. The molecule has 2 aliphatic rings. The quantitative estimate of drug-likeness (QED) is 0.933. The first kappa shape index (κ1) is 15.0. The lowest BCUT2D eigenvalue weighted by atomic mass is 9.83. The Labute approximate surface area is 127 Å². The van der Waals surface area contributed by atoms with Crippen LogP contribution in [0.3, 0.4) is 0 Å². The van der Waals surface area contributed by atoms with Gasteiger partial charge in [-0.15, -0.1) is 0 Å². The summed E-state index contributed by atoms with van der Waals surface area (Å²) in [6.45, 7) is 0. The molecule has 0 amide bonds. The van der Waals surface area contributed by atoms with Gasteiger partial charge in [0, 0.05) is 5.92 Å². The number of rotatable bonds is 3. The molecule has 0 bridgehead atoms. The van der Waals surface area contributed by atoms with Crippen molar-refractivity contribution in [2.24, 2.45) is 5.92 Å². The van der Waals surface area contributed by atoms with Gasteiger partial charge in [0.2, 0.25) is 0 Å². The smallest absolute Gasteiger partial charge is 0.150 e. The van der Waals surface area contributed by atoms with Crippen LogP contribution in [0.4, 0.5) is 0 Å². The highest BCUT2D eigenvalue weighted by molar-refractivity contribution is 7.91. The molecule has 3 nitrogen and oxygen atoms in total. The normalized spacial score (nSPS) is 27.6. The summed E-state index contributed by atoms with van der Waals surface area (Å²) in [6.07, 6.45) is 6.44. The minimum Gasteiger partial charge on any atom is -0.388 e. The molecule has 0 spiro atoms. The van der Waals surface area contributed by atoms with Crippen LogP contribution in [0.25, 0.3) is 0 Å². The Morgan fingerprint density at radius 1 is 1.00 bits per heavy atom. The van der Waals surface area contributed by atoms with Crippen LogP contribution in [0, 0.1) is 5.92 Å². The van der Waals surface area contributed by atoms with E-state index in [1.54, 1.807) is 0 Å². The molecule has 1 aliphatic heterocycles. The van der Waals surface area contributed by atoms with E-state index in [2.05, 4.69) is 12.1 Å². The highest BCUT2D eigenvalue weighted by atomic mass is 32.2. The topological polar surface area (TPSA) is 54.4 Å². The molecule has 0 radical (unpaired) electrons. The maximum atomic E-state index is 11.5. The van der Waals surface area contributed by atoms with Gasteiger partial charge in [0.25, 0.3) is 0 Å². The third-order valence-corrected chi connectivity index (χ3v) is 6.86. The molecule has 21 heavy (non-hydrogen) atoms. The van der Waals surface area contributed by atoms with E-state index in [4.69, 9.17) is 0 Å². The second-order valence-electron chi connectivity index (χ2n) is 6.61. The van der Waals surface area contributed by atoms with Crippen LogP contribution >= 0.6 is 0 Å². The SMILES string of the molecule is O=S1(=O)CCC(C(O)c2ccc(C3CCCCC3)cc2)C1. The molecular weight excluding hydrogens is 284 g/mol. The second-order valence-corrected chi connectivity index (χ2v) is 8.84. The Hall–Kier alpha value is -0.870. The van der Waals surface area contributed by atoms with E-state index in [-0.39, 0.29) is 17.4 Å². The minimum absolute atomic E-state index is 0.124. The molecule has 0 aromatic heterocycles. The van der Waals surface area contributed by atoms with Crippen molar-refractivity contribution in [3.05, 3.63) is 35.4 Å². The van der Waals surface area contributed by atoms with Crippen molar-refractivity contribution in [3.63, 3.8) is 0 Å². The van der Waals surface area contributed by atoms with Crippen molar-refractivity contribution >= 4 is 9.84 Å². The number of hydrogen-bond donors (Lipinski definition) is 1. The van der Waals surface area contributed by atoms with Crippen molar-refractivity contribution in [1.82, 2.24) is 0 Å². The third kappa shape index (κ3) is 3.49. The van der Waals surface area contributed by atoms with Gasteiger partial charge in [0.1, 0.15) is 0 Å². The monoisotopic (exact) mass is 308 g/mol. The average Bonchev–Trinajstić information content (AvgIpc) is 2.88. The summed E-state index contributed by atoms with van der Waals surface area (Å²) >= 11 is 0. The predicted octanol–water partition coefficient (Wildman–Crippen LogP) is 3.20. The molecular formula is C17H24O3S. The Morgan fingerprint density at radius 3 is 2.24 bits per heavy atom. The predicted molar refractivity (Wildman–Crippen MR) is 84.0 cm³/mol. The summed E-state index contributed by atoms with van der Waals surface area (Å²) in [4.78, 5) is 0. The van der Waals surface area contributed by atoms with Crippen molar-refractivity contribution in [3.8, 4) is 0 Å². The first-order valence-corrected chi connectivity index (χ1v) is 9.86. The Kier molecular flexibility index (Phi) is 4.36. The summed E-state index contributed by atoms with van der Waals surface area (Å²) in [7, 11) is -2.93. The average molecular weight is 308 g/mol. The molecule has 1 aromatic carbocycles. The molecule has 1 aliphatic carbocycles. The van der Waals surface area contributed by atoms with Gasteiger partial charge in [0.15, 0.2) is 9.84 Å². The number of sulfone groups is 1. The van der Waals surface area contributed by atoms with Crippen LogP contribution in [0.2, 0.25) is 0 Å². The highest BCUT2D eigenvalue weighted by Crippen LogP contribution is 2.35. The zero-order valence-corrected chi connectivity index (χ0v) is 13.2. The lowest BCUT2D eigenvalue weighted by molar-refractivity contribution is 0.121. The maximum Gasteiger partial charge on any atom is 0.150 e. The standard InChI is InChI=1S/C17H24O3S/c18-17(16-10-11-21(19,20)12-16)15-8-6-14(7-9-15)13-4-2-1-3-5-13/h6-9,13,16-18H,1-5,10-12H2. The molecule has 1 N–H and O–H groups in total. The highest BCUT2D eigenvalue weighted by Gasteiger charge is 2.33. The van der Waals surface area contributed by atoms with Gasteiger partial charge in [-0.2, -0.15) is 0 Å². The van der Waals surface area contributed by atoms with Gasteiger partial charge in [0.05, 0.1) is 17.6 Å². The van der Waals surface area contributed by atoms with Crippen LogP contribution in [-0.4, -0.2) is 25.0 Å². The lowest BCUT2D eigenvalue weighted by Gasteiger charge is -2.23. The summed E-state index contributed by atoms with van der Waals surface area (Å²) < 4.78 is 23.1. The fourth-order valence-electron chi connectivity index (χ4n) is 3.75. The fraction of sp³-hybridized carbons (Fsp3) is 0.647. The molecule has 4 heteroatoms. The number of hydrogen-bond acceptors (Lipinski definition) is 3. The zero-order chi connectivity index (χ0) is 14.9. The maximum absolute atomic E-state index is 11.5. The van der Waals surface area contributed by atoms with E-state index in [0.29, 0.717) is 12.3 Å². The summed E-state index contributed by atoms with van der Waals surface area (Å²) in [5.74, 6) is 0.861. The van der Waals surface area contributed by atoms with Gasteiger partial charge in [-0.3, -0.25) is 0 Å². The largest absolute Gasteiger partial charge is 0.388 e. The van der Waals surface area contributed by atoms with Gasteiger partial charge >= 0.3 is 0 Å². The summed E-state index contributed by atoms with van der Waals surface area (Å²) in [6, 6.07) is 8.22. The van der Waals surface area contributed by atoms with Crippen molar-refractivity contribution in [2.45, 2.75) is 50.5 Å². The van der Waals surface area contributed by atoms with Crippen LogP contribution in [0.15, 0.2) is 24.3 Å². The first-order valence-electron chi connectivity index (χ1n) is 8.03. The Bertz CT molecular complexity index is 571. The van der Waals surface area contributed by atoms with Gasteiger partial charge in [-0.05, 0) is 36.3 Å². The van der Waals surface area contributed by atoms with E-state index in [1.807, 2.05) is 12.1 Å². The molecule has 1 saturated heterocycles. The van der Waals surface area contributed by atoms with Gasteiger partial charge < -0.3 is 5.11 Å². The molecule has 2 unspecified atom stereocenters. The van der Waals surface area contributed by atoms with Crippen LogP contribution in [0.5, 0.6) is 0 Å². The molecule has 3 rings (SSSR count). The molecule has 1 saturated carbocycles. The second kappa shape index (κ2) is 6.09. The van der Waals surface area contributed by atoms with Crippen LogP contribution in [0.1, 0.15) is 61.7 Å². The molecule has 116 valence electrons. The van der Waals surface area contributed by atoms with Crippen molar-refractivity contribution in [2.75, 3.05) is 11.5 Å². The number of aliphatic hydroxyl groups excluding tert-OH is 1. The molecule has 1 aromatic rings. The van der Waals surface area contributed by atoms with E-state index in [0.717, 1.165) is 5.56 Å². The fourth-order valence-corrected chi connectivity index (χ4v) is 5.58. The van der Waals surface area contributed by atoms with Crippen LogP contribution < -0.4 is 0 Å². The summed E-state index contributed by atoms with van der Waals surface area (Å²) in [5.41, 5.74) is 2.22. The van der Waals surface area contributed by atoms with E-state index >= 15 is 0 Å². The van der Waals surface area contributed by atoms with Crippen molar-refractivity contribution in [1.29, 1.82) is 0 Å². The van der Waals surface area contributed by atoms with E-state index in [1.165, 1.54) is 37.7 Å². The Morgan fingerprint density at radius 2 is 1.67 bits per heavy atom. The van der Waals surface area contributed by atoms with E-state index < -0.39 is 15.9 Å². The Balaban J connectivity index is 1.69. The minimum atomic E-state index is -2.93. The molecule has 2 fully saturated rings. The van der Waals surface area contributed by atoms with E-state index in [9.17, 15) is 13.5 Å². The summed E-state index contributed by atoms with van der Waals surface area (Å²) in [5, 5.41) is 10.4. The van der Waals surface area contributed by atoms with Gasteiger partial charge in [-0.25, -0.2) is 8.42 Å². The molecule has 2 atom stereocenters.